The highest BCUT2D eigenvalue weighted by atomic mass is 127. The van der Waals surface area contributed by atoms with Crippen molar-refractivity contribution < 1.29 is 0 Å². The number of aryl methyl sites for hydroxylation is 1. The van der Waals surface area contributed by atoms with Crippen LogP contribution in [0.3, 0.4) is 0 Å². The average Bonchev–Trinajstić information content (AvgIpc) is 2.72. The fraction of sp³-hybridized carbons (Fsp3) is 0.222. The van der Waals surface area contributed by atoms with Crippen LogP contribution >= 0.6 is 45.3 Å². The van der Waals surface area contributed by atoms with Crippen LogP contribution in [0.1, 0.15) is 10.6 Å². The van der Waals surface area contributed by atoms with E-state index in [0.717, 1.165) is 11.6 Å². The molecule has 0 aliphatic carbocycles. The lowest BCUT2D eigenvalue weighted by Gasteiger charge is -2.01. The standard InChI is InChI=1S/C9H9IN2S2/c1-6-4-13-5-7(6)11-3-9-12-2-8(10)14-9/h2,4-5,11H,3H2,1H3. The minimum atomic E-state index is 0.825. The number of thiazole rings is 1. The van der Waals surface area contributed by atoms with Crippen LogP contribution in [0.25, 0.3) is 0 Å². The van der Waals surface area contributed by atoms with Crippen LogP contribution in [-0.2, 0) is 6.54 Å². The van der Waals surface area contributed by atoms with Crippen LogP contribution in [0.5, 0.6) is 0 Å². The summed E-state index contributed by atoms with van der Waals surface area (Å²) in [6.07, 6.45) is 1.91. The van der Waals surface area contributed by atoms with E-state index >= 15 is 0 Å². The van der Waals surface area contributed by atoms with Crippen LogP contribution < -0.4 is 5.32 Å². The van der Waals surface area contributed by atoms with Crippen molar-refractivity contribution in [1.82, 2.24) is 4.98 Å². The molecule has 0 radical (unpaired) electrons. The summed E-state index contributed by atoms with van der Waals surface area (Å²) in [5.74, 6) is 0. The Morgan fingerprint density at radius 2 is 2.36 bits per heavy atom. The van der Waals surface area contributed by atoms with E-state index in [1.54, 1.807) is 22.7 Å². The predicted octanol–water partition coefficient (Wildman–Crippen LogP) is 3.73. The molecule has 74 valence electrons. The summed E-state index contributed by atoms with van der Waals surface area (Å²) in [5.41, 5.74) is 2.53. The molecule has 2 nitrogen and oxygen atoms in total. The van der Waals surface area contributed by atoms with E-state index < -0.39 is 0 Å². The van der Waals surface area contributed by atoms with Gasteiger partial charge >= 0.3 is 0 Å². The molecule has 0 saturated heterocycles. The van der Waals surface area contributed by atoms with Crippen molar-refractivity contribution in [3.05, 3.63) is 30.4 Å². The SMILES string of the molecule is Cc1cscc1NCc1ncc(I)s1. The van der Waals surface area contributed by atoms with E-state index in [2.05, 4.69) is 50.6 Å². The first kappa shape index (κ1) is 10.4. The van der Waals surface area contributed by atoms with Gasteiger partial charge in [0.1, 0.15) is 5.01 Å². The fourth-order valence-electron chi connectivity index (χ4n) is 1.08. The lowest BCUT2D eigenvalue weighted by atomic mass is 10.3. The van der Waals surface area contributed by atoms with Crippen molar-refractivity contribution in [3.63, 3.8) is 0 Å². The number of aromatic nitrogens is 1. The summed E-state index contributed by atoms with van der Waals surface area (Å²) >= 11 is 5.75. The van der Waals surface area contributed by atoms with Gasteiger partial charge in [0.05, 0.1) is 15.6 Å². The Hall–Kier alpha value is -0.140. The second-order valence-corrected chi connectivity index (χ2v) is 6.63. The van der Waals surface area contributed by atoms with Crippen molar-refractivity contribution in [1.29, 1.82) is 0 Å². The number of hydrogen-bond donors (Lipinski definition) is 1. The number of hydrogen-bond acceptors (Lipinski definition) is 4. The molecule has 5 heteroatoms. The third-order valence-electron chi connectivity index (χ3n) is 1.81. The first-order valence-corrected chi connectivity index (χ1v) is 6.96. The van der Waals surface area contributed by atoms with Gasteiger partial charge < -0.3 is 5.32 Å². The summed E-state index contributed by atoms with van der Waals surface area (Å²) in [7, 11) is 0. The van der Waals surface area contributed by atoms with Crippen LogP contribution in [-0.4, -0.2) is 4.98 Å². The molecular weight excluding hydrogens is 327 g/mol. The second-order valence-electron chi connectivity index (χ2n) is 2.88. The first-order chi connectivity index (χ1) is 6.75. The molecule has 0 aliphatic rings. The lowest BCUT2D eigenvalue weighted by Crippen LogP contribution is -1.98. The zero-order chi connectivity index (χ0) is 9.97. The zero-order valence-electron chi connectivity index (χ0n) is 7.58. The van der Waals surface area contributed by atoms with Crippen molar-refractivity contribution in [2.45, 2.75) is 13.5 Å². The number of nitrogens with one attached hydrogen (secondary N) is 1. The maximum Gasteiger partial charge on any atom is 0.113 e. The second kappa shape index (κ2) is 4.59. The van der Waals surface area contributed by atoms with E-state index in [4.69, 9.17) is 0 Å². The fourth-order valence-corrected chi connectivity index (χ4v) is 3.37. The number of nitrogens with zero attached hydrogens (tertiary/aromatic N) is 1. The molecule has 0 atom stereocenters. The van der Waals surface area contributed by atoms with Crippen molar-refractivity contribution in [2.75, 3.05) is 5.32 Å². The van der Waals surface area contributed by atoms with E-state index in [0.29, 0.717) is 0 Å². The summed E-state index contributed by atoms with van der Waals surface area (Å²) in [6, 6.07) is 0. The molecule has 2 aromatic heterocycles. The number of anilines is 1. The van der Waals surface area contributed by atoms with Gasteiger partial charge in [-0.1, -0.05) is 0 Å². The van der Waals surface area contributed by atoms with Gasteiger partial charge in [-0.25, -0.2) is 4.98 Å². The van der Waals surface area contributed by atoms with Gasteiger partial charge in [-0.15, -0.1) is 22.7 Å². The van der Waals surface area contributed by atoms with E-state index in [1.165, 1.54) is 14.1 Å². The minimum absolute atomic E-state index is 0.825. The molecule has 1 N–H and O–H groups in total. The highest BCUT2D eigenvalue weighted by Gasteiger charge is 2.01. The molecule has 0 aliphatic heterocycles. The van der Waals surface area contributed by atoms with Gasteiger partial charge in [-0.05, 0) is 40.5 Å². The topological polar surface area (TPSA) is 24.9 Å². The zero-order valence-corrected chi connectivity index (χ0v) is 11.4. The van der Waals surface area contributed by atoms with Gasteiger partial charge in [-0.2, -0.15) is 0 Å². The summed E-state index contributed by atoms with van der Waals surface area (Å²) in [5, 5.41) is 8.80. The molecule has 0 amide bonds. The number of halogens is 1. The first-order valence-electron chi connectivity index (χ1n) is 4.12. The van der Waals surface area contributed by atoms with Gasteiger partial charge in [0.15, 0.2) is 0 Å². The molecule has 2 aromatic rings. The quantitative estimate of drug-likeness (QED) is 0.864. The van der Waals surface area contributed by atoms with Gasteiger partial charge in [0.25, 0.3) is 0 Å². The van der Waals surface area contributed by atoms with Crippen LogP contribution in [0, 0.1) is 9.81 Å². The molecule has 2 heterocycles. The third-order valence-corrected chi connectivity index (χ3v) is 4.40. The molecule has 0 bridgehead atoms. The Bertz CT molecular complexity index is 422. The molecule has 0 saturated carbocycles. The number of rotatable bonds is 3. The Labute approximate surface area is 105 Å². The molecule has 2 rings (SSSR count). The summed E-state index contributed by atoms with van der Waals surface area (Å²) < 4.78 is 1.24. The molecule has 0 spiro atoms. The molecule has 0 fully saturated rings. The summed E-state index contributed by atoms with van der Waals surface area (Å²) in [6.45, 7) is 2.94. The van der Waals surface area contributed by atoms with E-state index in [1.807, 2.05) is 6.20 Å². The minimum Gasteiger partial charge on any atom is -0.378 e. The van der Waals surface area contributed by atoms with Gasteiger partial charge in [0, 0.05) is 11.1 Å². The predicted molar refractivity (Wildman–Crippen MR) is 71.2 cm³/mol. The Morgan fingerprint density at radius 1 is 1.50 bits per heavy atom. The van der Waals surface area contributed by atoms with Crippen LogP contribution in [0.2, 0.25) is 0 Å². The average molecular weight is 336 g/mol. The smallest absolute Gasteiger partial charge is 0.113 e. The third kappa shape index (κ3) is 2.46. The van der Waals surface area contributed by atoms with E-state index in [9.17, 15) is 0 Å². The molecular formula is C9H9IN2S2. The van der Waals surface area contributed by atoms with Gasteiger partial charge in [0.2, 0.25) is 0 Å². The van der Waals surface area contributed by atoms with E-state index in [-0.39, 0.29) is 0 Å². The van der Waals surface area contributed by atoms with Crippen LogP contribution in [0.15, 0.2) is 17.0 Å². The Balaban J connectivity index is 1.98. The molecule has 14 heavy (non-hydrogen) atoms. The Morgan fingerprint density at radius 3 is 2.93 bits per heavy atom. The Kier molecular flexibility index (Phi) is 3.40. The normalized spacial score (nSPS) is 10.4. The van der Waals surface area contributed by atoms with Crippen molar-refractivity contribution in [2.24, 2.45) is 0 Å². The molecule has 0 unspecified atom stereocenters. The lowest BCUT2D eigenvalue weighted by molar-refractivity contribution is 1.10. The summed E-state index contributed by atoms with van der Waals surface area (Å²) in [4.78, 5) is 4.30. The maximum atomic E-state index is 4.30. The van der Waals surface area contributed by atoms with Crippen molar-refractivity contribution in [3.8, 4) is 0 Å². The van der Waals surface area contributed by atoms with Crippen LogP contribution in [0.4, 0.5) is 5.69 Å². The monoisotopic (exact) mass is 336 g/mol. The maximum absolute atomic E-state index is 4.30. The van der Waals surface area contributed by atoms with Crippen molar-refractivity contribution >= 4 is 51.0 Å². The highest BCUT2D eigenvalue weighted by molar-refractivity contribution is 14.1. The largest absolute Gasteiger partial charge is 0.378 e. The molecule has 0 aromatic carbocycles. The number of thiophene rings is 1. The van der Waals surface area contributed by atoms with Gasteiger partial charge in [-0.3, -0.25) is 0 Å². The highest BCUT2D eigenvalue weighted by Crippen LogP contribution is 2.21.